The number of alkyl halides is 3. The van der Waals surface area contributed by atoms with Gasteiger partial charge in [0.1, 0.15) is 22.9 Å². The number of hydrogen-bond donors (Lipinski definition) is 1. The Hall–Kier alpha value is -3.84. The molecule has 4 aromatic rings. The van der Waals surface area contributed by atoms with E-state index in [-0.39, 0.29) is 29.6 Å². The number of thioether (sulfide) groups is 1. The summed E-state index contributed by atoms with van der Waals surface area (Å²) in [6, 6.07) is 10.5. The molecular weight excluding hydrogens is 565 g/mol. The number of amides is 1. The summed E-state index contributed by atoms with van der Waals surface area (Å²) in [5.41, 5.74) is 3.05. The fraction of sp³-hybridized carbons (Fsp3) is 0.259. The van der Waals surface area contributed by atoms with Crippen LogP contribution < -0.4 is 10.1 Å². The van der Waals surface area contributed by atoms with Crippen LogP contribution in [0, 0.1) is 13.8 Å². The Morgan fingerprint density at radius 2 is 1.88 bits per heavy atom. The van der Waals surface area contributed by atoms with Gasteiger partial charge in [0.25, 0.3) is 0 Å². The molecule has 0 unspecified atom stereocenters. The summed E-state index contributed by atoms with van der Waals surface area (Å²) in [7, 11) is 2.95. The average molecular weight is 591 g/mol. The first-order valence-electron chi connectivity index (χ1n) is 11.9. The van der Waals surface area contributed by atoms with E-state index in [1.807, 2.05) is 37.4 Å². The normalized spacial score (nSPS) is 11.4. The Morgan fingerprint density at radius 3 is 2.60 bits per heavy atom. The first-order valence-corrected chi connectivity index (χ1v) is 13.7. The van der Waals surface area contributed by atoms with Crippen molar-refractivity contribution in [3.63, 3.8) is 0 Å². The maximum atomic E-state index is 12.9. The van der Waals surface area contributed by atoms with Crippen LogP contribution in [-0.2, 0) is 29.4 Å². The van der Waals surface area contributed by atoms with E-state index in [9.17, 15) is 22.8 Å². The number of esters is 1. The molecule has 0 radical (unpaired) electrons. The quantitative estimate of drug-likeness (QED) is 0.181. The summed E-state index contributed by atoms with van der Waals surface area (Å²) in [6.45, 7) is 3.79. The van der Waals surface area contributed by atoms with Crippen LogP contribution in [0.4, 0.5) is 18.2 Å². The fourth-order valence-electron chi connectivity index (χ4n) is 3.78. The van der Waals surface area contributed by atoms with Crippen LogP contribution in [0.5, 0.6) is 5.75 Å². The number of carbonyl (C=O) groups is 2. The third-order valence-electron chi connectivity index (χ3n) is 5.90. The van der Waals surface area contributed by atoms with Crippen molar-refractivity contribution in [3.05, 3.63) is 75.9 Å². The third kappa shape index (κ3) is 6.65. The molecule has 8 nitrogen and oxygen atoms in total. The van der Waals surface area contributed by atoms with Crippen molar-refractivity contribution >= 4 is 40.0 Å². The first kappa shape index (κ1) is 29.2. The minimum Gasteiger partial charge on any atom is -0.486 e. The van der Waals surface area contributed by atoms with Crippen molar-refractivity contribution in [3.8, 4) is 16.9 Å². The van der Waals surface area contributed by atoms with E-state index in [2.05, 4.69) is 15.5 Å². The van der Waals surface area contributed by atoms with Gasteiger partial charge >= 0.3 is 12.1 Å². The van der Waals surface area contributed by atoms with Gasteiger partial charge in [-0.3, -0.25) is 4.79 Å². The lowest BCUT2D eigenvalue weighted by Gasteiger charge is -2.10. The highest BCUT2D eigenvalue weighted by Crippen LogP contribution is 2.38. The number of aryl methyl sites for hydroxylation is 2. The molecule has 1 N–H and O–H groups in total. The van der Waals surface area contributed by atoms with Gasteiger partial charge in [0.2, 0.25) is 5.91 Å². The molecule has 210 valence electrons. The average Bonchev–Trinajstić information content (AvgIpc) is 3.49. The molecule has 0 atom stereocenters. The van der Waals surface area contributed by atoms with Gasteiger partial charge in [-0.05, 0) is 43.2 Å². The van der Waals surface area contributed by atoms with Crippen molar-refractivity contribution in [2.24, 2.45) is 7.05 Å². The highest BCUT2D eigenvalue weighted by atomic mass is 32.2. The number of hydrogen-bond acceptors (Lipinski definition) is 8. The Labute approximate surface area is 236 Å². The standard InChI is InChI=1S/C27H25F3N4O4S2/c1-15-8-9-16(2)19(10-15)20-13-39-24(23(20)25(36)37-4)31-22(35)14-40-26-33-32-21(34(26)3)12-38-18-7-5-6-17(11-18)27(28,29)30/h5-11,13H,12,14H2,1-4H3,(H,31,35). The molecule has 0 aliphatic heterocycles. The number of rotatable bonds is 9. The van der Waals surface area contributed by atoms with Gasteiger partial charge in [-0.15, -0.1) is 21.5 Å². The summed E-state index contributed by atoms with van der Waals surface area (Å²) in [4.78, 5) is 25.5. The van der Waals surface area contributed by atoms with E-state index in [1.165, 1.54) is 30.6 Å². The van der Waals surface area contributed by atoms with Crippen molar-refractivity contribution in [1.82, 2.24) is 14.8 Å². The molecule has 4 rings (SSSR count). The molecule has 40 heavy (non-hydrogen) atoms. The number of carbonyl (C=O) groups excluding carboxylic acids is 2. The Bertz CT molecular complexity index is 1550. The summed E-state index contributed by atoms with van der Waals surface area (Å²) in [5, 5.41) is 13.5. The van der Waals surface area contributed by atoms with E-state index in [1.54, 1.807) is 11.6 Å². The van der Waals surface area contributed by atoms with Crippen LogP contribution >= 0.6 is 23.1 Å². The number of aromatic nitrogens is 3. The Balaban J connectivity index is 1.41. The van der Waals surface area contributed by atoms with Crippen LogP contribution in [0.1, 0.15) is 32.9 Å². The molecule has 0 saturated heterocycles. The molecule has 0 fully saturated rings. The zero-order valence-corrected chi connectivity index (χ0v) is 23.6. The van der Waals surface area contributed by atoms with Crippen LogP contribution in [0.15, 0.2) is 53.0 Å². The molecule has 2 aromatic carbocycles. The van der Waals surface area contributed by atoms with E-state index >= 15 is 0 Å². The molecule has 0 saturated carbocycles. The molecule has 0 aliphatic carbocycles. The van der Waals surface area contributed by atoms with E-state index in [0.29, 0.717) is 21.5 Å². The van der Waals surface area contributed by atoms with Crippen LogP contribution in [0.3, 0.4) is 0 Å². The summed E-state index contributed by atoms with van der Waals surface area (Å²) >= 11 is 2.34. The zero-order valence-electron chi connectivity index (χ0n) is 22.0. The van der Waals surface area contributed by atoms with Gasteiger partial charge < -0.3 is 19.4 Å². The number of benzene rings is 2. The van der Waals surface area contributed by atoms with Crippen molar-refractivity contribution < 1.29 is 32.2 Å². The molecule has 2 aromatic heterocycles. The van der Waals surface area contributed by atoms with Gasteiger partial charge in [-0.2, -0.15) is 13.2 Å². The number of halogens is 3. The van der Waals surface area contributed by atoms with Crippen molar-refractivity contribution in [2.75, 3.05) is 18.2 Å². The number of methoxy groups -OCH3 is 1. The summed E-state index contributed by atoms with van der Waals surface area (Å²) in [5.74, 6) is -0.542. The van der Waals surface area contributed by atoms with Crippen molar-refractivity contribution in [2.45, 2.75) is 31.8 Å². The van der Waals surface area contributed by atoms with Crippen molar-refractivity contribution in [1.29, 1.82) is 0 Å². The van der Waals surface area contributed by atoms with Crippen LogP contribution in [0.25, 0.3) is 11.1 Å². The molecule has 1 amide bonds. The predicted octanol–water partition coefficient (Wildman–Crippen LogP) is 6.28. The van der Waals surface area contributed by atoms with E-state index < -0.39 is 17.7 Å². The SMILES string of the molecule is COC(=O)c1c(-c2cc(C)ccc2C)csc1NC(=O)CSc1nnc(COc2cccc(C(F)(F)F)c2)n1C. The zero-order chi connectivity index (χ0) is 29.0. The number of thiophene rings is 1. The Kier molecular flexibility index (Phi) is 8.84. The molecule has 13 heteroatoms. The van der Waals surface area contributed by atoms with Gasteiger partial charge in [0, 0.05) is 18.0 Å². The van der Waals surface area contributed by atoms with E-state index in [0.717, 1.165) is 40.6 Å². The molecule has 0 aliphatic rings. The van der Waals surface area contributed by atoms with Gasteiger partial charge in [-0.25, -0.2) is 4.79 Å². The minimum absolute atomic E-state index is 0.0300. The van der Waals surface area contributed by atoms with Gasteiger partial charge in [-0.1, -0.05) is 41.6 Å². The second-order valence-electron chi connectivity index (χ2n) is 8.77. The van der Waals surface area contributed by atoms with Gasteiger partial charge in [0.05, 0.1) is 18.4 Å². The molecular formula is C27H25F3N4O4S2. The smallest absolute Gasteiger partial charge is 0.416 e. The monoisotopic (exact) mass is 590 g/mol. The summed E-state index contributed by atoms with van der Waals surface area (Å²) < 4.78 is 50.9. The molecule has 2 heterocycles. The Morgan fingerprint density at radius 1 is 1.10 bits per heavy atom. The van der Waals surface area contributed by atoms with Crippen LogP contribution in [0.2, 0.25) is 0 Å². The fourth-order valence-corrected chi connectivity index (χ4v) is 5.47. The lowest BCUT2D eigenvalue weighted by molar-refractivity contribution is -0.137. The van der Waals surface area contributed by atoms with Gasteiger partial charge in [0.15, 0.2) is 11.0 Å². The highest BCUT2D eigenvalue weighted by Gasteiger charge is 2.30. The first-order chi connectivity index (χ1) is 19.0. The second-order valence-corrected chi connectivity index (χ2v) is 10.6. The topological polar surface area (TPSA) is 95.3 Å². The second kappa shape index (κ2) is 12.1. The number of ether oxygens (including phenoxy) is 2. The minimum atomic E-state index is -4.48. The van der Waals surface area contributed by atoms with Crippen LogP contribution in [-0.4, -0.2) is 39.5 Å². The molecule has 0 bridgehead atoms. The highest BCUT2D eigenvalue weighted by molar-refractivity contribution is 7.99. The lowest BCUT2D eigenvalue weighted by atomic mass is 9.97. The molecule has 0 spiro atoms. The number of nitrogens with zero attached hydrogens (tertiary/aromatic N) is 3. The maximum Gasteiger partial charge on any atom is 0.416 e. The number of nitrogens with one attached hydrogen (secondary N) is 1. The largest absolute Gasteiger partial charge is 0.486 e. The lowest BCUT2D eigenvalue weighted by Crippen LogP contribution is -2.16. The summed E-state index contributed by atoms with van der Waals surface area (Å²) in [6.07, 6.45) is -4.48. The third-order valence-corrected chi connectivity index (χ3v) is 7.82. The number of anilines is 1. The van der Waals surface area contributed by atoms with E-state index in [4.69, 9.17) is 9.47 Å². The maximum absolute atomic E-state index is 12.9. The predicted molar refractivity (Wildman–Crippen MR) is 147 cm³/mol.